The van der Waals surface area contributed by atoms with Crippen molar-refractivity contribution in [3.63, 3.8) is 0 Å². The molecule has 0 bridgehead atoms. The lowest BCUT2D eigenvalue weighted by Crippen LogP contribution is -2.14. The van der Waals surface area contributed by atoms with Crippen molar-refractivity contribution in [2.45, 2.75) is 57.8 Å². The molecule has 4 heterocycles. The van der Waals surface area contributed by atoms with Gasteiger partial charge in [-0.15, -0.1) is 35.1 Å². The maximum absolute atomic E-state index is 12.4. The van der Waals surface area contributed by atoms with Crippen molar-refractivity contribution in [1.82, 2.24) is 15.0 Å². The van der Waals surface area contributed by atoms with Crippen LogP contribution in [0.4, 0.5) is 5.82 Å². The lowest BCUT2D eigenvalue weighted by atomic mass is 9.98. The molecule has 0 radical (unpaired) electrons. The summed E-state index contributed by atoms with van der Waals surface area (Å²) in [5.74, 6) is 0.830. The summed E-state index contributed by atoms with van der Waals surface area (Å²) in [7, 11) is 0. The summed E-state index contributed by atoms with van der Waals surface area (Å²) in [5, 5.41) is 8.27. The minimum absolute atomic E-state index is 0. The van der Waals surface area contributed by atoms with Crippen LogP contribution >= 0.6 is 46.7 Å². The lowest BCUT2D eigenvalue weighted by molar-refractivity contribution is -0.143. The molecule has 0 fully saturated rings. The number of carbonyl (C=O) groups excluding carboxylic acids is 1. The first-order valence-corrected chi connectivity index (χ1v) is 15.2. The molecular formula is C29H32Cl2N4O2S2. The second-order valence-corrected chi connectivity index (χ2v) is 11.9. The van der Waals surface area contributed by atoms with E-state index in [0.717, 1.165) is 69.9 Å². The van der Waals surface area contributed by atoms with E-state index in [0.29, 0.717) is 24.5 Å². The Balaban J connectivity index is 0.00000353. The number of esters is 1. The molecule has 1 aliphatic heterocycles. The molecule has 5 rings (SSSR count). The van der Waals surface area contributed by atoms with Crippen LogP contribution in [0, 0.1) is 0 Å². The van der Waals surface area contributed by atoms with E-state index < -0.39 is 0 Å². The van der Waals surface area contributed by atoms with Gasteiger partial charge in [-0.25, -0.2) is 15.0 Å². The molecular weight excluding hydrogens is 571 g/mol. The summed E-state index contributed by atoms with van der Waals surface area (Å²) in [6, 6.07) is 12.0. The maximum atomic E-state index is 12.4. The first kappa shape index (κ1) is 29.5. The minimum Gasteiger partial charge on any atom is -0.466 e. The number of nitrogens with zero attached hydrogens (tertiary/aromatic N) is 3. The van der Waals surface area contributed by atoms with E-state index in [1.165, 1.54) is 12.0 Å². The first-order valence-electron chi connectivity index (χ1n) is 13.1. The van der Waals surface area contributed by atoms with Crippen molar-refractivity contribution in [2.24, 2.45) is 0 Å². The van der Waals surface area contributed by atoms with Gasteiger partial charge < -0.3 is 10.1 Å². The van der Waals surface area contributed by atoms with Gasteiger partial charge in [-0.3, -0.25) is 4.79 Å². The molecule has 1 unspecified atom stereocenters. The number of carbonyl (C=O) groups is 1. The van der Waals surface area contributed by atoms with Crippen LogP contribution < -0.4 is 5.32 Å². The minimum atomic E-state index is -0.193. The normalized spacial score (nSPS) is 13.2. The Hall–Kier alpha value is -2.52. The molecule has 10 heteroatoms. The molecule has 1 atom stereocenters. The number of rotatable bonds is 11. The second-order valence-electron chi connectivity index (χ2n) is 9.41. The molecule has 3 aromatic heterocycles. The topological polar surface area (TPSA) is 77.0 Å². The van der Waals surface area contributed by atoms with Gasteiger partial charge in [0.15, 0.2) is 0 Å². The number of aryl methyl sites for hydroxylation is 3. The van der Waals surface area contributed by atoms with E-state index in [1.807, 2.05) is 37.4 Å². The van der Waals surface area contributed by atoms with Crippen LogP contribution in [0.1, 0.15) is 58.9 Å². The van der Waals surface area contributed by atoms with E-state index in [1.54, 1.807) is 22.7 Å². The summed E-state index contributed by atoms with van der Waals surface area (Å²) in [6.45, 7) is 3.22. The van der Waals surface area contributed by atoms with Crippen LogP contribution in [0.5, 0.6) is 0 Å². The van der Waals surface area contributed by atoms with Crippen LogP contribution in [-0.2, 0) is 35.2 Å². The second kappa shape index (κ2) is 14.2. The maximum Gasteiger partial charge on any atom is 0.306 e. The Labute approximate surface area is 248 Å². The first-order chi connectivity index (χ1) is 18.6. The van der Waals surface area contributed by atoms with E-state index in [4.69, 9.17) is 26.3 Å². The zero-order valence-electron chi connectivity index (χ0n) is 21.8. The number of pyridine rings is 1. The standard InChI is InChI=1S/C29H31ClN4O2S2.ClH/c1-2-36-27(35)16-21(25-17-32-29(38-25)20-8-11-22(30)12-9-20)15-24-18-37-26(33-24)7-3-6-23-13-10-19-5-4-14-31-28(19)34-23;/h8-13,17-18,21H,2-7,14-16H2,1H3,(H,31,34);1H. The summed E-state index contributed by atoms with van der Waals surface area (Å²) in [5.41, 5.74) is 4.48. The van der Waals surface area contributed by atoms with Crippen molar-refractivity contribution in [1.29, 1.82) is 0 Å². The van der Waals surface area contributed by atoms with Crippen molar-refractivity contribution < 1.29 is 9.53 Å². The average Bonchev–Trinajstić information content (AvgIpc) is 3.59. The molecule has 1 aromatic carbocycles. The predicted octanol–water partition coefficient (Wildman–Crippen LogP) is 7.55. The third-order valence-electron chi connectivity index (χ3n) is 6.57. The molecule has 1 N–H and O–H groups in total. The highest BCUT2D eigenvalue weighted by atomic mass is 35.5. The molecule has 0 saturated heterocycles. The number of hydrogen-bond donors (Lipinski definition) is 1. The summed E-state index contributed by atoms with van der Waals surface area (Å²) in [6.07, 6.45) is 8.00. The van der Waals surface area contributed by atoms with Crippen LogP contribution in [0.15, 0.2) is 48.0 Å². The molecule has 0 amide bonds. The van der Waals surface area contributed by atoms with Crippen molar-refractivity contribution in [3.8, 4) is 10.6 Å². The van der Waals surface area contributed by atoms with Gasteiger partial charge in [0.1, 0.15) is 10.8 Å². The fourth-order valence-corrected chi connectivity index (χ4v) is 6.63. The quantitative estimate of drug-likeness (QED) is 0.179. The molecule has 6 nitrogen and oxygen atoms in total. The molecule has 1 aliphatic rings. The van der Waals surface area contributed by atoms with Gasteiger partial charge in [0.05, 0.1) is 23.7 Å². The number of benzene rings is 1. The Morgan fingerprint density at radius 3 is 2.79 bits per heavy atom. The molecule has 4 aromatic rings. The van der Waals surface area contributed by atoms with Crippen molar-refractivity contribution in [2.75, 3.05) is 18.5 Å². The van der Waals surface area contributed by atoms with Gasteiger partial charge in [0, 0.05) is 45.2 Å². The van der Waals surface area contributed by atoms with Crippen molar-refractivity contribution in [3.05, 3.63) is 79.8 Å². The highest BCUT2D eigenvalue weighted by Gasteiger charge is 2.22. The summed E-state index contributed by atoms with van der Waals surface area (Å²) in [4.78, 5) is 27.8. The molecule has 39 heavy (non-hydrogen) atoms. The van der Waals surface area contributed by atoms with E-state index in [9.17, 15) is 4.79 Å². The number of ether oxygens (including phenoxy) is 1. The van der Waals surface area contributed by atoms with Crippen molar-refractivity contribution >= 4 is 58.5 Å². The largest absolute Gasteiger partial charge is 0.466 e. The third kappa shape index (κ3) is 8.01. The molecule has 0 saturated carbocycles. The van der Waals surface area contributed by atoms with E-state index >= 15 is 0 Å². The Bertz CT molecular complexity index is 1370. The van der Waals surface area contributed by atoms with Gasteiger partial charge in [0.2, 0.25) is 0 Å². The van der Waals surface area contributed by atoms with Crippen LogP contribution in [-0.4, -0.2) is 34.1 Å². The monoisotopic (exact) mass is 602 g/mol. The average molecular weight is 604 g/mol. The molecule has 0 spiro atoms. The summed E-state index contributed by atoms with van der Waals surface area (Å²) >= 11 is 9.34. The third-order valence-corrected chi connectivity index (χ3v) is 8.98. The zero-order valence-corrected chi connectivity index (χ0v) is 25.0. The number of fused-ring (bicyclic) bond motifs is 1. The highest BCUT2D eigenvalue weighted by molar-refractivity contribution is 7.15. The lowest BCUT2D eigenvalue weighted by Gasteiger charge is -2.17. The SMILES string of the molecule is CCOC(=O)CC(Cc1csc(CCCc2ccc3c(n2)NCCC3)n1)c1cnc(-c2ccc(Cl)cc2)s1.Cl. The van der Waals surface area contributed by atoms with Gasteiger partial charge in [-0.2, -0.15) is 0 Å². The Morgan fingerprint density at radius 1 is 1.13 bits per heavy atom. The fourth-order valence-electron chi connectivity index (χ4n) is 4.63. The number of thiazole rings is 2. The van der Waals surface area contributed by atoms with E-state index in [-0.39, 0.29) is 24.3 Å². The number of aromatic nitrogens is 3. The fraction of sp³-hybridized carbons (Fsp3) is 0.379. The van der Waals surface area contributed by atoms with Gasteiger partial charge >= 0.3 is 5.97 Å². The zero-order chi connectivity index (χ0) is 26.3. The molecule has 0 aliphatic carbocycles. The smallest absolute Gasteiger partial charge is 0.306 e. The number of halogens is 2. The number of hydrogen-bond acceptors (Lipinski definition) is 8. The summed E-state index contributed by atoms with van der Waals surface area (Å²) < 4.78 is 5.27. The van der Waals surface area contributed by atoms with Crippen LogP contribution in [0.2, 0.25) is 5.02 Å². The van der Waals surface area contributed by atoms with Crippen LogP contribution in [0.3, 0.4) is 0 Å². The predicted molar refractivity (Wildman–Crippen MR) is 163 cm³/mol. The Kier molecular flexibility index (Phi) is 10.7. The molecule has 206 valence electrons. The van der Waals surface area contributed by atoms with Crippen LogP contribution in [0.25, 0.3) is 10.6 Å². The van der Waals surface area contributed by atoms with Gasteiger partial charge in [-0.1, -0.05) is 29.8 Å². The highest BCUT2D eigenvalue weighted by Crippen LogP contribution is 2.34. The van der Waals surface area contributed by atoms with E-state index in [2.05, 4.69) is 27.8 Å². The number of nitrogens with one attached hydrogen (secondary N) is 1. The number of anilines is 1. The van der Waals surface area contributed by atoms with Gasteiger partial charge in [-0.05, 0) is 69.2 Å². The van der Waals surface area contributed by atoms with Gasteiger partial charge in [0.25, 0.3) is 0 Å². The Morgan fingerprint density at radius 2 is 1.97 bits per heavy atom.